The largest absolute Gasteiger partial charge is 0.355 e. The van der Waals surface area contributed by atoms with Gasteiger partial charge in [0.15, 0.2) is 0 Å². The number of nitrogens with zero attached hydrogens (tertiary/aromatic N) is 1. The van der Waals surface area contributed by atoms with Gasteiger partial charge in [-0.2, -0.15) is 0 Å². The van der Waals surface area contributed by atoms with Crippen LogP contribution < -0.4 is 10.6 Å². The molecule has 1 aromatic heterocycles. The van der Waals surface area contributed by atoms with Crippen molar-refractivity contribution in [3.05, 3.63) is 58.3 Å². The van der Waals surface area contributed by atoms with Crippen LogP contribution in [0.25, 0.3) is 0 Å². The summed E-state index contributed by atoms with van der Waals surface area (Å²) in [5, 5.41) is 7.90. The molecule has 0 aliphatic heterocycles. The molecule has 0 bridgehead atoms. The maximum absolute atomic E-state index is 12.4. The highest BCUT2D eigenvalue weighted by Crippen LogP contribution is 2.25. The summed E-state index contributed by atoms with van der Waals surface area (Å²) >= 11 is 1.61. The molecular weight excluding hydrogens is 334 g/mol. The van der Waals surface area contributed by atoms with Gasteiger partial charge in [0.1, 0.15) is 0 Å². The lowest BCUT2D eigenvalue weighted by molar-refractivity contribution is -0.124. The number of likely N-dealkylation sites (N-methyl/N-ethyl adjacent to an activating group) is 1. The fraction of sp³-hybridized carbons (Fsp3) is 0.368. The Morgan fingerprint density at radius 3 is 2.44 bits per heavy atom. The van der Waals surface area contributed by atoms with E-state index in [-0.39, 0.29) is 30.9 Å². The third kappa shape index (κ3) is 6.32. The summed E-state index contributed by atoms with van der Waals surface area (Å²) in [4.78, 5) is 27.0. The normalized spacial score (nSPS) is 12.0. The van der Waals surface area contributed by atoms with Crippen LogP contribution in [0.1, 0.15) is 29.8 Å². The average Bonchev–Trinajstić information content (AvgIpc) is 3.12. The fourth-order valence-electron chi connectivity index (χ4n) is 2.49. The molecule has 0 aliphatic carbocycles. The first-order chi connectivity index (χ1) is 12.1. The number of carbonyl (C=O) groups is 2. The zero-order valence-electron chi connectivity index (χ0n) is 14.7. The highest BCUT2D eigenvalue weighted by molar-refractivity contribution is 7.10. The number of amides is 2. The van der Waals surface area contributed by atoms with Gasteiger partial charge in [0, 0.05) is 11.4 Å². The van der Waals surface area contributed by atoms with Crippen molar-refractivity contribution in [2.24, 2.45) is 0 Å². The van der Waals surface area contributed by atoms with E-state index in [0.717, 1.165) is 16.9 Å². The summed E-state index contributed by atoms with van der Waals surface area (Å²) < 4.78 is 0. The summed E-state index contributed by atoms with van der Waals surface area (Å²) in [6.07, 6.45) is 0.898. The number of rotatable bonds is 9. The van der Waals surface area contributed by atoms with Crippen LogP contribution in [0.15, 0.2) is 47.8 Å². The van der Waals surface area contributed by atoms with Crippen LogP contribution in [0.4, 0.5) is 0 Å². The second-order valence-corrected chi connectivity index (χ2v) is 6.93. The van der Waals surface area contributed by atoms with Crippen molar-refractivity contribution < 1.29 is 9.59 Å². The first-order valence-electron chi connectivity index (χ1n) is 8.43. The fourth-order valence-corrected chi connectivity index (χ4v) is 3.30. The van der Waals surface area contributed by atoms with E-state index in [9.17, 15) is 9.59 Å². The Balaban J connectivity index is 1.95. The zero-order chi connectivity index (χ0) is 18.1. The molecule has 0 aliphatic rings. The number of carbonyl (C=O) groups excluding carboxylic acids is 2. The Morgan fingerprint density at radius 1 is 1.08 bits per heavy atom. The van der Waals surface area contributed by atoms with Crippen LogP contribution in [0, 0.1) is 0 Å². The molecule has 25 heavy (non-hydrogen) atoms. The first-order valence-corrected chi connectivity index (χ1v) is 9.31. The standard InChI is InChI=1S/C19H25N3O2S/c1-3-11-20-17(23)13-22(2)14-18(24)21-19(16-10-7-12-25-16)15-8-5-4-6-9-15/h4-10,12,19H,3,11,13-14H2,1-2H3,(H,20,23)(H,21,24)/t19-/m0/s1. The van der Waals surface area contributed by atoms with Crippen LogP contribution in [0.2, 0.25) is 0 Å². The van der Waals surface area contributed by atoms with E-state index in [2.05, 4.69) is 10.6 Å². The quantitative estimate of drug-likeness (QED) is 0.723. The van der Waals surface area contributed by atoms with Crippen molar-refractivity contribution >= 4 is 23.2 Å². The van der Waals surface area contributed by atoms with Crippen molar-refractivity contribution in [3.63, 3.8) is 0 Å². The predicted octanol–water partition coefficient (Wildman–Crippen LogP) is 2.41. The highest BCUT2D eigenvalue weighted by atomic mass is 32.1. The Bertz CT molecular complexity index is 659. The van der Waals surface area contributed by atoms with E-state index in [0.29, 0.717) is 6.54 Å². The summed E-state index contributed by atoms with van der Waals surface area (Å²) in [5.74, 6) is -0.164. The number of nitrogens with one attached hydrogen (secondary N) is 2. The zero-order valence-corrected chi connectivity index (χ0v) is 15.5. The lowest BCUT2D eigenvalue weighted by atomic mass is 10.1. The second-order valence-electron chi connectivity index (χ2n) is 5.95. The van der Waals surface area contributed by atoms with Crippen molar-refractivity contribution in [1.29, 1.82) is 0 Å². The molecule has 2 rings (SSSR count). The van der Waals surface area contributed by atoms with Gasteiger partial charge in [0.25, 0.3) is 0 Å². The molecular formula is C19H25N3O2S. The average molecular weight is 359 g/mol. The van der Waals surface area contributed by atoms with Gasteiger partial charge in [-0.05, 0) is 30.5 Å². The monoisotopic (exact) mass is 359 g/mol. The minimum Gasteiger partial charge on any atom is -0.355 e. The third-order valence-corrected chi connectivity index (χ3v) is 4.60. The van der Waals surface area contributed by atoms with Gasteiger partial charge in [-0.1, -0.05) is 43.3 Å². The minimum atomic E-state index is -0.170. The Morgan fingerprint density at radius 2 is 1.80 bits per heavy atom. The van der Waals surface area contributed by atoms with Crippen molar-refractivity contribution in [3.8, 4) is 0 Å². The Hall–Kier alpha value is -2.18. The molecule has 0 spiro atoms. The van der Waals surface area contributed by atoms with E-state index in [1.54, 1.807) is 23.3 Å². The molecule has 1 aromatic carbocycles. The Labute approximate surface area is 153 Å². The van der Waals surface area contributed by atoms with E-state index in [4.69, 9.17) is 0 Å². The van der Waals surface area contributed by atoms with Crippen LogP contribution >= 0.6 is 11.3 Å². The number of thiophene rings is 1. The minimum absolute atomic E-state index is 0.0602. The number of hydrogen-bond donors (Lipinski definition) is 2. The van der Waals surface area contributed by atoms with Crippen LogP contribution in [-0.4, -0.2) is 43.4 Å². The van der Waals surface area contributed by atoms with Gasteiger partial charge in [0.05, 0.1) is 19.1 Å². The maximum Gasteiger partial charge on any atom is 0.234 e. The smallest absolute Gasteiger partial charge is 0.234 e. The van der Waals surface area contributed by atoms with Gasteiger partial charge >= 0.3 is 0 Å². The molecule has 2 aromatic rings. The molecule has 0 unspecified atom stereocenters. The van der Waals surface area contributed by atoms with Gasteiger partial charge in [-0.15, -0.1) is 11.3 Å². The lowest BCUT2D eigenvalue weighted by Crippen LogP contribution is -2.42. The summed E-state index contributed by atoms with van der Waals surface area (Å²) in [7, 11) is 1.77. The summed E-state index contributed by atoms with van der Waals surface area (Å²) in [5.41, 5.74) is 1.04. The topological polar surface area (TPSA) is 61.4 Å². The van der Waals surface area contributed by atoms with Crippen LogP contribution in [-0.2, 0) is 9.59 Å². The van der Waals surface area contributed by atoms with E-state index in [1.165, 1.54) is 0 Å². The highest BCUT2D eigenvalue weighted by Gasteiger charge is 2.19. The van der Waals surface area contributed by atoms with Gasteiger partial charge < -0.3 is 10.6 Å². The molecule has 1 heterocycles. The number of hydrogen-bond acceptors (Lipinski definition) is 4. The van der Waals surface area contributed by atoms with Crippen molar-refractivity contribution in [2.45, 2.75) is 19.4 Å². The maximum atomic E-state index is 12.4. The summed E-state index contributed by atoms with van der Waals surface area (Å²) in [6.45, 7) is 3.05. The molecule has 0 radical (unpaired) electrons. The van der Waals surface area contributed by atoms with E-state index in [1.807, 2.05) is 54.8 Å². The predicted molar refractivity (Wildman–Crippen MR) is 102 cm³/mol. The molecule has 5 nitrogen and oxygen atoms in total. The third-order valence-electron chi connectivity index (χ3n) is 3.67. The molecule has 2 amide bonds. The van der Waals surface area contributed by atoms with Gasteiger partial charge in [0.2, 0.25) is 11.8 Å². The van der Waals surface area contributed by atoms with Crippen LogP contribution in [0.5, 0.6) is 0 Å². The number of benzene rings is 1. The molecule has 0 saturated heterocycles. The van der Waals surface area contributed by atoms with Crippen LogP contribution in [0.3, 0.4) is 0 Å². The molecule has 0 fully saturated rings. The molecule has 2 N–H and O–H groups in total. The first kappa shape index (κ1) is 19.1. The van der Waals surface area contributed by atoms with Crippen molar-refractivity contribution in [1.82, 2.24) is 15.5 Å². The molecule has 6 heteroatoms. The Kier molecular flexibility index (Phi) is 7.63. The van der Waals surface area contributed by atoms with E-state index < -0.39 is 0 Å². The lowest BCUT2D eigenvalue weighted by Gasteiger charge is -2.21. The van der Waals surface area contributed by atoms with Crippen molar-refractivity contribution in [2.75, 3.05) is 26.7 Å². The van der Waals surface area contributed by atoms with Gasteiger partial charge in [-0.25, -0.2) is 0 Å². The molecule has 0 saturated carbocycles. The van der Waals surface area contributed by atoms with Gasteiger partial charge in [-0.3, -0.25) is 14.5 Å². The van der Waals surface area contributed by atoms with E-state index >= 15 is 0 Å². The second kappa shape index (κ2) is 9.96. The summed E-state index contributed by atoms with van der Waals surface area (Å²) in [6, 6.07) is 13.7. The SMILES string of the molecule is CCCNC(=O)CN(C)CC(=O)N[C@@H](c1ccccc1)c1cccs1. The molecule has 134 valence electrons. The molecule has 1 atom stereocenters.